The highest BCUT2D eigenvalue weighted by Crippen LogP contribution is 2.36. The van der Waals surface area contributed by atoms with Crippen molar-refractivity contribution in [2.75, 3.05) is 50.5 Å². The molecule has 1 amide bonds. The van der Waals surface area contributed by atoms with Crippen LogP contribution in [0.2, 0.25) is 0 Å². The Morgan fingerprint density at radius 3 is 2.58 bits per heavy atom. The molecule has 1 aromatic carbocycles. The first-order chi connectivity index (χ1) is 20.8. The molecule has 11 nitrogen and oxygen atoms in total. The number of piperidine rings is 1. The van der Waals surface area contributed by atoms with E-state index in [2.05, 4.69) is 67.4 Å². The van der Waals surface area contributed by atoms with Crippen molar-refractivity contribution in [3.8, 4) is 11.3 Å². The summed E-state index contributed by atoms with van der Waals surface area (Å²) in [5.41, 5.74) is 5.11. The number of nitrogens with one attached hydrogen (secondary N) is 2. The van der Waals surface area contributed by atoms with Gasteiger partial charge in [0, 0.05) is 74.5 Å². The summed E-state index contributed by atoms with van der Waals surface area (Å²) in [5.74, 6) is 0.311. The lowest BCUT2D eigenvalue weighted by atomic mass is 9.93. The van der Waals surface area contributed by atoms with Gasteiger partial charge in [0.2, 0.25) is 5.95 Å². The Kier molecular flexibility index (Phi) is 8.73. The van der Waals surface area contributed by atoms with Crippen LogP contribution in [0.5, 0.6) is 0 Å². The number of benzene rings is 1. The van der Waals surface area contributed by atoms with Crippen molar-refractivity contribution in [1.29, 1.82) is 0 Å². The molecule has 4 heterocycles. The van der Waals surface area contributed by atoms with Crippen LogP contribution in [0.15, 0.2) is 48.9 Å². The molecule has 6 rings (SSSR count). The van der Waals surface area contributed by atoms with E-state index in [0.29, 0.717) is 23.2 Å². The molecule has 2 fully saturated rings. The monoisotopic (exact) mass is 585 g/mol. The van der Waals surface area contributed by atoms with E-state index < -0.39 is 0 Å². The number of carbonyl (C=O) groups excluding carboxylic acids is 1. The predicted octanol–water partition coefficient (Wildman–Crippen LogP) is 3.68. The van der Waals surface area contributed by atoms with Crippen molar-refractivity contribution in [2.24, 2.45) is 7.05 Å². The van der Waals surface area contributed by atoms with Gasteiger partial charge < -0.3 is 24.8 Å². The number of aliphatic hydroxyl groups is 1. The van der Waals surface area contributed by atoms with Crippen molar-refractivity contribution < 1.29 is 9.90 Å². The Hall–Kier alpha value is -3.80. The summed E-state index contributed by atoms with van der Waals surface area (Å²) >= 11 is 0. The Morgan fingerprint density at radius 2 is 1.86 bits per heavy atom. The number of imidazole rings is 1. The zero-order chi connectivity index (χ0) is 29.9. The number of hydrogen-bond donors (Lipinski definition) is 3. The molecule has 0 atom stereocenters. The minimum atomic E-state index is -0.269. The third kappa shape index (κ3) is 6.74. The van der Waals surface area contributed by atoms with Crippen LogP contribution in [0.4, 0.5) is 11.6 Å². The first-order valence-electron chi connectivity index (χ1n) is 15.4. The second kappa shape index (κ2) is 12.8. The fourth-order valence-electron chi connectivity index (χ4n) is 6.34. The number of aromatic nitrogens is 5. The van der Waals surface area contributed by atoms with Gasteiger partial charge in [0.25, 0.3) is 5.91 Å². The van der Waals surface area contributed by atoms with E-state index in [0.717, 1.165) is 81.3 Å². The van der Waals surface area contributed by atoms with E-state index in [1.165, 1.54) is 5.69 Å². The molecular formula is C32H43N9O2. The maximum Gasteiger partial charge on any atom is 0.258 e. The number of amides is 1. The molecule has 0 spiro atoms. The third-order valence-electron chi connectivity index (χ3n) is 8.80. The van der Waals surface area contributed by atoms with Gasteiger partial charge in [-0.05, 0) is 83.0 Å². The van der Waals surface area contributed by atoms with Gasteiger partial charge in [0.05, 0.1) is 29.0 Å². The SMILES string of the molecule is CN(C)CCNC1CCN(c2ccc3nc(NC(=O)c4ccnc(-c5cnn(C)c5)c4)n(C4CCC(O)CC4)c3c2)CC1. The molecule has 0 radical (unpaired) electrons. The van der Waals surface area contributed by atoms with Gasteiger partial charge >= 0.3 is 0 Å². The van der Waals surface area contributed by atoms with Crippen LogP contribution >= 0.6 is 0 Å². The van der Waals surface area contributed by atoms with Gasteiger partial charge in [-0.1, -0.05) is 0 Å². The Balaban J connectivity index is 1.24. The van der Waals surface area contributed by atoms with Crippen molar-refractivity contribution in [3.05, 3.63) is 54.5 Å². The summed E-state index contributed by atoms with van der Waals surface area (Å²) in [7, 11) is 6.07. The average Bonchev–Trinajstić information content (AvgIpc) is 3.60. The molecule has 3 aromatic heterocycles. The Labute approximate surface area is 252 Å². The van der Waals surface area contributed by atoms with E-state index >= 15 is 0 Å². The molecule has 228 valence electrons. The third-order valence-corrected chi connectivity index (χ3v) is 8.80. The predicted molar refractivity (Wildman–Crippen MR) is 169 cm³/mol. The highest BCUT2D eigenvalue weighted by atomic mass is 16.3. The van der Waals surface area contributed by atoms with Gasteiger partial charge in [-0.25, -0.2) is 4.98 Å². The zero-order valence-corrected chi connectivity index (χ0v) is 25.4. The minimum absolute atomic E-state index is 0.147. The molecular weight excluding hydrogens is 542 g/mol. The number of likely N-dealkylation sites (N-methyl/N-ethyl adjacent to an activating group) is 1. The number of fused-ring (bicyclic) bond motifs is 1. The summed E-state index contributed by atoms with van der Waals surface area (Å²) in [6.07, 6.45) is 10.4. The highest BCUT2D eigenvalue weighted by Gasteiger charge is 2.27. The van der Waals surface area contributed by atoms with E-state index in [1.807, 2.05) is 13.2 Å². The van der Waals surface area contributed by atoms with Crippen molar-refractivity contribution in [1.82, 2.24) is 34.5 Å². The smallest absolute Gasteiger partial charge is 0.258 e. The lowest BCUT2D eigenvalue weighted by molar-refractivity contribution is 0.102. The molecule has 1 aliphatic heterocycles. The largest absolute Gasteiger partial charge is 0.393 e. The van der Waals surface area contributed by atoms with Crippen LogP contribution in [0, 0.1) is 0 Å². The molecule has 2 aliphatic rings. The van der Waals surface area contributed by atoms with Crippen LogP contribution < -0.4 is 15.5 Å². The number of hydrogen-bond acceptors (Lipinski definition) is 8. The molecule has 0 unspecified atom stereocenters. The van der Waals surface area contributed by atoms with Crippen LogP contribution in [0.25, 0.3) is 22.3 Å². The lowest BCUT2D eigenvalue weighted by Crippen LogP contribution is -2.44. The molecule has 3 N–H and O–H groups in total. The summed E-state index contributed by atoms with van der Waals surface area (Å²) in [5, 5.41) is 21.3. The molecule has 0 bridgehead atoms. The van der Waals surface area contributed by atoms with Crippen molar-refractivity contribution in [3.63, 3.8) is 0 Å². The van der Waals surface area contributed by atoms with Crippen LogP contribution in [-0.4, -0.2) is 92.6 Å². The topological polar surface area (TPSA) is 116 Å². The van der Waals surface area contributed by atoms with Gasteiger partial charge in [-0.15, -0.1) is 0 Å². The lowest BCUT2D eigenvalue weighted by Gasteiger charge is -2.34. The van der Waals surface area contributed by atoms with Gasteiger partial charge in [0.1, 0.15) is 0 Å². The van der Waals surface area contributed by atoms with Crippen LogP contribution in [0.3, 0.4) is 0 Å². The number of anilines is 2. The summed E-state index contributed by atoms with van der Waals surface area (Å²) < 4.78 is 3.91. The van der Waals surface area contributed by atoms with E-state index in [9.17, 15) is 9.90 Å². The van der Waals surface area contributed by atoms with E-state index in [1.54, 1.807) is 29.2 Å². The zero-order valence-electron chi connectivity index (χ0n) is 25.4. The summed E-state index contributed by atoms with van der Waals surface area (Å²) in [6, 6.07) is 10.7. The van der Waals surface area contributed by atoms with Gasteiger partial charge in [0.15, 0.2) is 0 Å². The van der Waals surface area contributed by atoms with E-state index in [4.69, 9.17) is 4.98 Å². The maximum atomic E-state index is 13.6. The van der Waals surface area contributed by atoms with Crippen molar-refractivity contribution >= 4 is 28.6 Å². The number of rotatable bonds is 9. The Bertz CT molecular complexity index is 1550. The standard InChI is InChI=1S/C32H43N9O2/c1-38(2)17-14-33-24-11-15-40(16-12-24)26-6-9-28-30(19-26)41(25-4-7-27(42)8-5-25)32(36-28)37-31(43)22-10-13-34-29(18-22)23-20-35-39(3)21-23/h6,9-10,13,18-21,24-25,27,33,42H,4-5,7-8,11-12,14-17H2,1-3H3,(H,36,37,43). The quantitative estimate of drug-likeness (QED) is 0.273. The van der Waals surface area contributed by atoms with Gasteiger partial charge in [-0.2, -0.15) is 5.10 Å². The first-order valence-corrected chi connectivity index (χ1v) is 15.4. The summed E-state index contributed by atoms with van der Waals surface area (Å²) in [4.78, 5) is 27.6. The number of carbonyl (C=O) groups is 1. The number of aliphatic hydroxyl groups excluding tert-OH is 1. The normalized spacial score (nSPS) is 19.8. The molecule has 1 saturated heterocycles. The fraction of sp³-hybridized carbons (Fsp3) is 0.500. The summed E-state index contributed by atoms with van der Waals surface area (Å²) in [6.45, 7) is 4.06. The Morgan fingerprint density at radius 1 is 1.07 bits per heavy atom. The molecule has 4 aromatic rings. The molecule has 1 saturated carbocycles. The molecule has 1 aliphatic carbocycles. The average molecular weight is 586 g/mol. The van der Waals surface area contributed by atoms with Gasteiger partial charge in [-0.3, -0.25) is 19.8 Å². The number of nitrogens with zero attached hydrogens (tertiary/aromatic N) is 7. The molecule has 11 heteroatoms. The first kappa shape index (κ1) is 29.3. The fourth-order valence-corrected chi connectivity index (χ4v) is 6.34. The second-order valence-corrected chi connectivity index (χ2v) is 12.2. The second-order valence-electron chi connectivity index (χ2n) is 12.2. The highest BCUT2D eigenvalue weighted by molar-refractivity contribution is 6.04. The van der Waals surface area contributed by atoms with E-state index in [-0.39, 0.29) is 18.1 Å². The van der Waals surface area contributed by atoms with Crippen LogP contribution in [0.1, 0.15) is 54.9 Å². The molecule has 43 heavy (non-hydrogen) atoms. The number of aryl methyl sites for hydroxylation is 1. The van der Waals surface area contributed by atoms with Crippen LogP contribution in [-0.2, 0) is 7.05 Å². The number of pyridine rings is 1. The minimum Gasteiger partial charge on any atom is -0.393 e. The van der Waals surface area contributed by atoms with Crippen molar-refractivity contribution in [2.45, 2.75) is 56.7 Å². The maximum absolute atomic E-state index is 13.6.